The van der Waals surface area contributed by atoms with Crippen molar-refractivity contribution in [3.63, 3.8) is 0 Å². The molecule has 1 fully saturated rings. The summed E-state index contributed by atoms with van der Waals surface area (Å²) in [5, 5.41) is 12.1. The van der Waals surface area contributed by atoms with Crippen LogP contribution in [-0.4, -0.2) is 67.1 Å². The Kier molecular flexibility index (Phi) is 7.45. The average molecular weight is 302 g/mol. The van der Waals surface area contributed by atoms with Gasteiger partial charge < -0.3 is 24.8 Å². The topological polar surface area (TPSA) is 88.1 Å². The molecule has 1 aliphatic heterocycles. The predicted molar refractivity (Wildman–Crippen MR) is 77.2 cm³/mol. The van der Waals surface area contributed by atoms with Crippen LogP contribution in [0.2, 0.25) is 0 Å². The zero-order valence-electron chi connectivity index (χ0n) is 13.0. The standard InChI is InChI=1S/C14H26N2O5/c1-4-6-16(12-9-21-8-11(12)13(17)18)14(19)15-10(3)7-20-5-2/h10-12H,4-9H2,1-3H3,(H,15,19)(H,17,18). The molecule has 122 valence electrons. The van der Waals surface area contributed by atoms with Gasteiger partial charge in [-0.2, -0.15) is 0 Å². The van der Waals surface area contributed by atoms with Crippen LogP contribution in [0.3, 0.4) is 0 Å². The molecule has 3 unspecified atom stereocenters. The summed E-state index contributed by atoms with van der Waals surface area (Å²) in [5.74, 6) is -1.58. The molecule has 0 aromatic heterocycles. The van der Waals surface area contributed by atoms with Gasteiger partial charge in [0.2, 0.25) is 0 Å². The molecule has 1 rings (SSSR count). The third-order valence-electron chi connectivity index (χ3n) is 3.44. The van der Waals surface area contributed by atoms with Crippen molar-refractivity contribution in [3.8, 4) is 0 Å². The second-order valence-corrected chi connectivity index (χ2v) is 5.25. The van der Waals surface area contributed by atoms with Crippen molar-refractivity contribution in [1.82, 2.24) is 10.2 Å². The highest BCUT2D eigenvalue weighted by Crippen LogP contribution is 2.20. The van der Waals surface area contributed by atoms with Gasteiger partial charge in [0.25, 0.3) is 0 Å². The lowest BCUT2D eigenvalue weighted by atomic mass is 10.0. The molecule has 0 aromatic carbocycles. The van der Waals surface area contributed by atoms with Crippen LogP contribution in [0.1, 0.15) is 27.2 Å². The van der Waals surface area contributed by atoms with Crippen LogP contribution in [0, 0.1) is 5.92 Å². The second kappa shape index (κ2) is 8.84. The molecule has 1 aliphatic rings. The van der Waals surface area contributed by atoms with Crippen LogP contribution in [0.25, 0.3) is 0 Å². The van der Waals surface area contributed by atoms with Crippen molar-refractivity contribution in [2.75, 3.05) is 33.0 Å². The largest absolute Gasteiger partial charge is 0.481 e. The van der Waals surface area contributed by atoms with Gasteiger partial charge in [-0.05, 0) is 20.3 Å². The summed E-state index contributed by atoms with van der Waals surface area (Å²) in [6, 6.07) is -0.796. The van der Waals surface area contributed by atoms with Crippen molar-refractivity contribution >= 4 is 12.0 Å². The molecule has 0 bridgehead atoms. The summed E-state index contributed by atoms with van der Waals surface area (Å²) in [6.07, 6.45) is 0.760. The fourth-order valence-electron chi connectivity index (χ4n) is 2.37. The maximum Gasteiger partial charge on any atom is 0.318 e. The van der Waals surface area contributed by atoms with E-state index >= 15 is 0 Å². The lowest BCUT2D eigenvalue weighted by Crippen LogP contribution is -2.53. The third kappa shape index (κ3) is 5.17. The van der Waals surface area contributed by atoms with E-state index in [2.05, 4.69) is 5.32 Å². The van der Waals surface area contributed by atoms with E-state index < -0.39 is 17.9 Å². The summed E-state index contributed by atoms with van der Waals surface area (Å²) >= 11 is 0. The third-order valence-corrected chi connectivity index (χ3v) is 3.44. The number of hydrogen-bond acceptors (Lipinski definition) is 4. The maximum atomic E-state index is 12.4. The molecule has 0 aromatic rings. The summed E-state index contributed by atoms with van der Waals surface area (Å²) in [4.78, 5) is 25.2. The molecule has 0 radical (unpaired) electrons. The first-order chi connectivity index (χ1) is 10.0. The van der Waals surface area contributed by atoms with Gasteiger partial charge in [0, 0.05) is 13.2 Å². The van der Waals surface area contributed by atoms with Gasteiger partial charge >= 0.3 is 12.0 Å². The molecule has 2 N–H and O–H groups in total. The Morgan fingerprint density at radius 3 is 2.71 bits per heavy atom. The van der Waals surface area contributed by atoms with Crippen molar-refractivity contribution in [3.05, 3.63) is 0 Å². The monoisotopic (exact) mass is 302 g/mol. The van der Waals surface area contributed by atoms with Crippen molar-refractivity contribution in [1.29, 1.82) is 0 Å². The number of carbonyl (C=O) groups excluding carboxylic acids is 1. The van der Waals surface area contributed by atoms with Gasteiger partial charge in [-0.3, -0.25) is 4.79 Å². The zero-order chi connectivity index (χ0) is 15.8. The van der Waals surface area contributed by atoms with Gasteiger partial charge in [0.15, 0.2) is 0 Å². The molecule has 1 heterocycles. The number of hydrogen-bond donors (Lipinski definition) is 2. The SMILES string of the molecule is CCCN(C(=O)NC(C)COCC)C1COCC1C(=O)O. The number of carboxylic acids is 1. The van der Waals surface area contributed by atoms with Crippen molar-refractivity contribution < 1.29 is 24.2 Å². The Hall–Kier alpha value is -1.34. The second-order valence-electron chi connectivity index (χ2n) is 5.25. The molecule has 7 heteroatoms. The molecule has 2 amide bonds. The Morgan fingerprint density at radius 2 is 2.14 bits per heavy atom. The Labute approximate surface area is 125 Å². The minimum absolute atomic E-state index is 0.123. The summed E-state index contributed by atoms with van der Waals surface area (Å²) < 4.78 is 10.5. The van der Waals surface area contributed by atoms with E-state index in [1.807, 2.05) is 20.8 Å². The number of ether oxygens (including phenoxy) is 2. The fourth-order valence-corrected chi connectivity index (χ4v) is 2.37. The van der Waals surface area contributed by atoms with Crippen LogP contribution in [-0.2, 0) is 14.3 Å². The first-order valence-corrected chi connectivity index (χ1v) is 7.46. The Bertz CT molecular complexity index is 350. The number of nitrogens with zero attached hydrogens (tertiary/aromatic N) is 1. The quantitative estimate of drug-likeness (QED) is 0.696. The van der Waals surface area contributed by atoms with E-state index in [1.165, 1.54) is 0 Å². The molecule has 21 heavy (non-hydrogen) atoms. The molecule has 3 atom stereocenters. The predicted octanol–water partition coefficient (Wildman–Crippen LogP) is 0.933. The minimum atomic E-state index is -0.922. The number of urea groups is 1. The van der Waals surface area contributed by atoms with E-state index in [0.717, 1.165) is 6.42 Å². The maximum absolute atomic E-state index is 12.4. The normalized spacial score (nSPS) is 22.8. The molecular weight excluding hydrogens is 276 g/mol. The molecule has 7 nitrogen and oxygen atoms in total. The number of nitrogens with one attached hydrogen (secondary N) is 1. The van der Waals surface area contributed by atoms with Gasteiger partial charge in [-0.15, -0.1) is 0 Å². The van der Waals surface area contributed by atoms with Gasteiger partial charge in [-0.1, -0.05) is 6.92 Å². The first kappa shape index (κ1) is 17.7. The lowest BCUT2D eigenvalue weighted by molar-refractivity contribution is -0.142. The molecule has 0 spiro atoms. The minimum Gasteiger partial charge on any atom is -0.481 e. The summed E-state index contributed by atoms with van der Waals surface area (Å²) in [5.41, 5.74) is 0. The molecule has 0 aliphatic carbocycles. The van der Waals surface area contributed by atoms with Crippen molar-refractivity contribution in [2.24, 2.45) is 5.92 Å². The summed E-state index contributed by atoms with van der Waals surface area (Å²) in [7, 11) is 0. The first-order valence-electron chi connectivity index (χ1n) is 7.46. The van der Waals surface area contributed by atoms with Gasteiger partial charge in [-0.25, -0.2) is 4.79 Å². The average Bonchev–Trinajstić information content (AvgIpc) is 2.91. The van der Waals surface area contributed by atoms with E-state index in [1.54, 1.807) is 4.90 Å². The number of carbonyl (C=O) groups is 2. The van der Waals surface area contributed by atoms with Crippen LogP contribution in [0.5, 0.6) is 0 Å². The summed E-state index contributed by atoms with van der Waals surface area (Å²) in [6.45, 7) is 7.66. The highest BCUT2D eigenvalue weighted by Gasteiger charge is 2.39. The van der Waals surface area contributed by atoms with Crippen LogP contribution >= 0.6 is 0 Å². The smallest absolute Gasteiger partial charge is 0.318 e. The molecular formula is C14H26N2O5. The lowest BCUT2D eigenvalue weighted by Gasteiger charge is -2.31. The van der Waals surface area contributed by atoms with Crippen LogP contribution in [0.4, 0.5) is 4.79 Å². The highest BCUT2D eigenvalue weighted by atomic mass is 16.5. The number of aliphatic carboxylic acids is 1. The number of rotatable bonds is 8. The highest BCUT2D eigenvalue weighted by molar-refractivity contribution is 5.77. The molecule has 1 saturated heterocycles. The fraction of sp³-hybridized carbons (Fsp3) is 0.857. The van der Waals surface area contributed by atoms with E-state index in [0.29, 0.717) is 19.8 Å². The Balaban J connectivity index is 2.67. The van der Waals surface area contributed by atoms with Gasteiger partial charge in [0.1, 0.15) is 5.92 Å². The Morgan fingerprint density at radius 1 is 1.43 bits per heavy atom. The zero-order valence-corrected chi connectivity index (χ0v) is 13.0. The number of carboxylic acid groups (broad SMARTS) is 1. The van der Waals surface area contributed by atoms with Crippen LogP contribution in [0.15, 0.2) is 0 Å². The molecule has 0 saturated carbocycles. The van der Waals surface area contributed by atoms with Crippen LogP contribution < -0.4 is 5.32 Å². The van der Waals surface area contributed by atoms with E-state index in [4.69, 9.17) is 9.47 Å². The van der Waals surface area contributed by atoms with E-state index in [9.17, 15) is 14.7 Å². The van der Waals surface area contributed by atoms with Crippen molar-refractivity contribution in [2.45, 2.75) is 39.3 Å². The number of amides is 2. The van der Waals surface area contributed by atoms with E-state index in [-0.39, 0.29) is 25.3 Å². The van der Waals surface area contributed by atoms with Gasteiger partial charge in [0.05, 0.1) is 31.9 Å².